The van der Waals surface area contributed by atoms with Crippen molar-refractivity contribution in [2.24, 2.45) is 5.92 Å². The highest BCUT2D eigenvalue weighted by Crippen LogP contribution is 2.25. The second-order valence-electron chi connectivity index (χ2n) is 5.12. The molecule has 2 rings (SSSR count). The van der Waals surface area contributed by atoms with E-state index >= 15 is 0 Å². The molecule has 5 nitrogen and oxygen atoms in total. The summed E-state index contributed by atoms with van der Waals surface area (Å²) in [5, 5.41) is 8.96. The number of likely N-dealkylation sites (tertiary alicyclic amines) is 1. The molecule has 1 aromatic rings. The number of aryl methyl sites for hydroxylation is 1. The van der Waals surface area contributed by atoms with E-state index in [0.29, 0.717) is 32.4 Å². The van der Waals surface area contributed by atoms with Crippen LogP contribution >= 0.6 is 15.9 Å². The van der Waals surface area contributed by atoms with E-state index in [0.717, 1.165) is 15.8 Å². The number of carbonyl (C=O) groups excluding carboxylic acids is 1. The van der Waals surface area contributed by atoms with Gasteiger partial charge in [0.1, 0.15) is 5.75 Å². The van der Waals surface area contributed by atoms with E-state index < -0.39 is 11.9 Å². The summed E-state index contributed by atoms with van der Waals surface area (Å²) in [5.74, 6) is -0.482. The summed E-state index contributed by atoms with van der Waals surface area (Å²) >= 11 is 3.41. The lowest BCUT2D eigenvalue weighted by Crippen LogP contribution is -2.30. The summed E-state index contributed by atoms with van der Waals surface area (Å²) in [4.78, 5) is 24.7. The van der Waals surface area contributed by atoms with Crippen molar-refractivity contribution in [3.05, 3.63) is 28.2 Å². The monoisotopic (exact) mass is 355 g/mol. The van der Waals surface area contributed by atoms with E-state index in [1.54, 1.807) is 12.0 Å². The Hall–Kier alpha value is -1.56. The Kier molecular flexibility index (Phi) is 5.22. The quantitative estimate of drug-likeness (QED) is 0.879. The van der Waals surface area contributed by atoms with Crippen molar-refractivity contribution >= 4 is 27.8 Å². The van der Waals surface area contributed by atoms with Crippen molar-refractivity contribution in [2.75, 3.05) is 20.2 Å². The topological polar surface area (TPSA) is 66.8 Å². The third-order valence-corrected chi connectivity index (χ3v) is 4.23. The van der Waals surface area contributed by atoms with Crippen LogP contribution in [0.5, 0.6) is 5.75 Å². The Balaban J connectivity index is 1.93. The molecule has 114 valence electrons. The first-order chi connectivity index (χ1) is 10.0. The Labute approximate surface area is 132 Å². The molecule has 1 saturated heterocycles. The second-order valence-corrected chi connectivity index (χ2v) is 6.04. The lowest BCUT2D eigenvalue weighted by molar-refractivity contribution is -0.141. The van der Waals surface area contributed by atoms with Gasteiger partial charge in [0.15, 0.2) is 0 Å². The van der Waals surface area contributed by atoms with Gasteiger partial charge in [-0.05, 0) is 36.6 Å². The number of carbonyl (C=O) groups is 2. The molecular formula is C15H18BrNO4. The summed E-state index contributed by atoms with van der Waals surface area (Å²) in [6, 6.07) is 5.69. The highest BCUT2D eigenvalue weighted by atomic mass is 79.9. The maximum absolute atomic E-state index is 12.2. The molecule has 6 heteroatoms. The van der Waals surface area contributed by atoms with Gasteiger partial charge in [0, 0.05) is 24.0 Å². The fraction of sp³-hybridized carbons (Fsp3) is 0.467. The number of halogens is 1. The minimum atomic E-state index is -0.820. The van der Waals surface area contributed by atoms with Crippen LogP contribution in [0.2, 0.25) is 0 Å². The molecule has 1 fully saturated rings. The molecule has 1 aromatic carbocycles. The molecule has 1 aliphatic heterocycles. The van der Waals surface area contributed by atoms with E-state index in [9.17, 15) is 9.59 Å². The summed E-state index contributed by atoms with van der Waals surface area (Å²) in [6.07, 6.45) is 1.48. The van der Waals surface area contributed by atoms with Crippen LogP contribution < -0.4 is 4.74 Å². The van der Waals surface area contributed by atoms with Crippen molar-refractivity contribution < 1.29 is 19.4 Å². The second kappa shape index (κ2) is 6.93. The molecule has 21 heavy (non-hydrogen) atoms. The minimum absolute atomic E-state index is 0.000721. The highest BCUT2D eigenvalue weighted by Gasteiger charge is 2.30. The molecular weight excluding hydrogens is 338 g/mol. The van der Waals surface area contributed by atoms with Crippen LogP contribution in [0.25, 0.3) is 0 Å². The molecule has 1 N–H and O–H groups in total. The Morgan fingerprint density at radius 2 is 2.24 bits per heavy atom. The smallest absolute Gasteiger partial charge is 0.308 e. The van der Waals surface area contributed by atoms with Gasteiger partial charge in [-0.3, -0.25) is 9.59 Å². The third-order valence-electron chi connectivity index (χ3n) is 3.74. The fourth-order valence-corrected chi connectivity index (χ4v) is 2.94. The maximum Gasteiger partial charge on any atom is 0.308 e. The van der Waals surface area contributed by atoms with Crippen molar-refractivity contribution in [1.29, 1.82) is 0 Å². The number of aliphatic carboxylic acids is 1. The van der Waals surface area contributed by atoms with Gasteiger partial charge >= 0.3 is 5.97 Å². The Morgan fingerprint density at radius 3 is 2.86 bits per heavy atom. The SMILES string of the molecule is COc1ccc(Br)cc1CCC(=O)N1CCC(C(=O)O)C1. The number of benzene rings is 1. The number of rotatable bonds is 5. The average molecular weight is 356 g/mol. The number of amides is 1. The molecule has 1 amide bonds. The van der Waals surface area contributed by atoms with Crippen molar-refractivity contribution in [2.45, 2.75) is 19.3 Å². The molecule has 0 aromatic heterocycles. The molecule has 0 saturated carbocycles. The van der Waals surface area contributed by atoms with Gasteiger partial charge < -0.3 is 14.7 Å². The van der Waals surface area contributed by atoms with Crippen LogP contribution in [0, 0.1) is 5.92 Å². The summed E-state index contributed by atoms with van der Waals surface area (Å²) in [6.45, 7) is 0.856. The van der Waals surface area contributed by atoms with Gasteiger partial charge in [0.25, 0.3) is 0 Å². The van der Waals surface area contributed by atoms with Crippen molar-refractivity contribution in [3.8, 4) is 5.75 Å². The van der Waals surface area contributed by atoms with Crippen LogP contribution in [-0.2, 0) is 16.0 Å². The number of ether oxygens (including phenoxy) is 1. The molecule has 1 atom stereocenters. The number of methoxy groups -OCH3 is 1. The lowest BCUT2D eigenvalue weighted by Gasteiger charge is -2.16. The van der Waals surface area contributed by atoms with E-state index in [2.05, 4.69) is 15.9 Å². The van der Waals surface area contributed by atoms with Gasteiger partial charge in [-0.1, -0.05) is 15.9 Å². The van der Waals surface area contributed by atoms with Crippen LogP contribution in [0.1, 0.15) is 18.4 Å². The predicted molar refractivity (Wildman–Crippen MR) is 81.3 cm³/mol. The molecule has 0 bridgehead atoms. The molecule has 1 aliphatic rings. The van der Waals surface area contributed by atoms with Crippen molar-refractivity contribution in [1.82, 2.24) is 4.90 Å². The maximum atomic E-state index is 12.2. The van der Waals surface area contributed by atoms with Crippen LogP contribution in [-0.4, -0.2) is 42.1 Å². The zero-order valence-electron chi connectivity index (χ0n) is 11.8. The van der Waals surface area contributed by atoms with Crippen LogP contribution in [0.4, 0.5) is 0 Å². The zero-order valence-corrected chi connectivity index (χ0v) is 13.4. The Bertz CT molecular complexity index is 546. The number of nitrogens with zero attached hydrogens (tertiary/aromatic N) is 1. The summed E-state index contributed by atoms with van der Waals surface area (Å²) in [7, 11) is 1.60. The summed E-state index contributed by atoms with van der Waals surface area (Å²) in [5.41, 5.74) is 0.967. The van der Waals surface area contributed by atoms with Crippen LogP contribution in [0.3, 0.4) is 0 Å². The van der Waals surface area contributed by atoms with Gasteiger partial charge in [0.05, 0.1) is 13.0 Å². The van der Waals surface area contributed by atoms with Crippen LogP contribution in [0.15, 0.2) is 22.7 Å². The number of carboxylic acid groups (broad SMARTS) is 1. The largest absolute Gasteiger partial charge is 0.496 e. The lowest BCUT2D eigenvalue weighted by atomic mass is 10.1. The minimum Gasteiger partial charge on any atom is -0.496 e. The number of hydrogen-bond acceptors (Lipinski definition) is 3. The molecule has 0 radical (unpaired) electrons. The molecule has 0 aliphatic carbocycles. The van der Waals surface area contributed by atoms with E-state index in [1.807, 2.05) is 18.2 Å². The first-order valence-electron chi connectivity index (χ1n) is 6.84. The first-order valence-corrected chi connectivity index (χ1v) is 7.63. The number of hydrogen-bond donors (Lipinski definition) is 1. The van der Waals surface area contributed by atoms with Crippen molar-refractivity contribution in [3.63, 3.8) is 0 Å². The van der Waals surface area contributed by atoms with E-state index in [1.165, 1.54) is 0 Å². The average Bonchev–Trinajstić information content (AvgIpc) is 2.95. The predicted octanol–water partition coefficient (Wildman–Crippen LogP) is 2.32. The summed E-state index contributed by atoms with van der Waals surface area (Å²) < 4.78 is 6.23. The van der Waals surface area contributed by atoms with E-state index in [4.69, 9.17) is 9.84 Å². The standard InChI is InChI=1S/C15H18BrNO4/c1-21-13-4-3-12(16)8-10(13)2-5-14(18)17-7-6-11(9-17)15(19)20/h3-4,8,11H,2,5-7,9H2,1H3,(H,19,20). The normalized spacial score (nSPS) is 17.8. The van der Waals surface area contributed by atoms with Gasteiger partial charge in [-0.2, -0.15) is 0 Å². The van der Waals surface area contributed by atoms with E-state index in [-0.39, 0.29) is 5.91 Å². The fourth-order valence-electron chi connectivity index (χ4n) is 2.53. The molecule has 1 heterocycles. The van der Waals surface area contributed by atoms with Gasteiger partial charge in [-0.25, -0.2) is 0 Å². The van der Waals surface area contributed by atoms with Gasteiger partial charge in [0.2, 0.25) is 5.91 Å². The highest BCUT2D eigenvalue weighted by molar-refractivity contribution is 9.10. The molecule has 1 unspecified atom stereocenters. The van der Waals surface area contributed by atoms with Gasteiger partial charge in [-0.15, -0.1) is 0 Å². The molecule has 0 spiro atoms. The Morgan fingerprint density at radius 1 is 1.48 bits per heavy atom. The first kappa shape index (κ1) is 15.8. The number of carboxylic acids is 1. The third kappa shape index (κ3) is 3.97. The zero-order chi connectivity index (χ0) is 15.4.